The molecule has 1 aromatic carbocycles. The van der Waals surface area contributed by atoms with E-state index in [2.05, 4.69) is 20.9 Å². The number of nitrogens with one attached hydrogen (secondary N) is 3. The van der Waals surface area contributed by atoms with Gasteiger partial charge in [-0.25, -0.2) is 14.2 Å². The maximum Gasteiger partial charge on any atom is 0.315 e. The molecule has 1 unspecified atom stereocenters. The molecule has 0 saturated heterocycles. The zero-order valence-corrected chi connectivity index (χ0v) is 15.7. The Morgan fingerprint density at radius 3 is 2.54 bits per heavy atom. The molecule has 2 rings (SSSR count). The molecule has 2 aromatic rings. The Morgan fingerprint density at radius 1 is 1.19 bits per heavy atom. The smallest absolute Gasteiger partial charge is 0.315 e. The Labute approximate surface area is 156 Å². The lowest BCUT2D eigenvalue weighted by Gasteiger charge is -2.18. The number of aromatic nitrogens is 1. The highest BCUT2D eigenvalue weighted by atomic mass is 32.1. The summed E-state index contributed by atoms with van der Waals surface area (Å²) in [4.78, 5) is 28.7. The van der Waals surface area contributed by atoms with E-state index in [4.69, 9.17) is 0 Å². The number of rotatable bonds is 8. The second kappa shape index (κ2) is 9.86. The number of thiazole rings is 1. The number of aryl methyl sites for hydroxylation is 1. The van der Waals surface area contributed by atoms with E-state index >= 15 is 0 Å². The Balaban J connectivity index is 1.82. The van der Waals surface area contributed by atoms with E-state index in [1.54, 1.807) is 12.1 Å². The minimum atomic E-state index is -0.616. The molecule has 0 aliphatic heterocycles. The number of benzene rings is 1. The van der Waals surface area contributed by atoms with Crippen LogP contribution in [0.2, 0.25) is 0 Å². The van der Waals surface area contributed by atoms with Crippen molar-refractivity contribution < 1.29 is 14.0 Å². The fourth-order valence-corrected chi connectivity index (χ4v) is 3.03. The second-order valence-corrected chi connectivity index (χ2v) is 6.84. The van der Waals surface area contributed by atoms with E-state index in [9.17, 15) is 14.0 Å². The van der Waals surface area contributed by atoms with Crippen LogP contribution < -0.4 is 16.0 Å². The Kier molecular flexibility index (Phi) is 7.53. The summed E-state index contributed by atoms with van der Waals surface area (Å²) in [5.41, 5.74) is 1.69. The van der Waals surface area contributed by atoms with Crippen LogP contribution in [0.5, 0.6) is 0 Å². The summed E-state index contributed by atoms with van der Waals surface area (Å²) in [5, 5.41) is 10.9. The first-order chi connectivity index (χ1) is 12.5. The molecule has 0 bridgehead atoms. The van der Waals surface area contributed by atoms with E-state index in [0.717, 1.165) is 22.7 Å². The standard InChI is InChI=1S/C18H23FN4O2S/c1-3-4-15(17(24)20-10-16-22-12(2)11-26-16)23-18(25)21-9-13-5-7-14(19)8-6-13/h5-8,11,15H,3-4,9-10H2,1-2H3,(H,20,24)(H2,21,23,25). The molecule has 0 radical (unpaired) electrons. The van der Waals surface area contributed by atoms with Gasteiger partial charge in [-0.3, -0.25) is 4.79 Å². The van der Waals surface area contributed by atoms with Crippen molar-refractivity contribution in [2.24, 2.45) is 0 Å². The lowest BCUT2D eigenvalue weighted by Crippen LogP contribution is -2.49. The van der Waals surface area contributed by atoms with Crippen LogP contribution in [0, 0.1) is 12.7 Å². The van der Waals surface area contributed by atoms with Crippen molar-refractivity contribution in [3.05, 3.63) is 51.7 Å². The maximum absolute atomic E-state index is 12.9. The lowest BCUT2D eigenvalue weighted by atomic mass is 10.1. The number of carbonyl (C=O) groups excluding carboxylic acids is 2. The van der Waals surface area contributed by atoms with Crippen LogP contribution in [0.3, 0.4) is 0 Å². The summed E-state index contributed by atoms with van der Waals surface area (Å²) < 4.78 is 12.9. The summed E-state index contributed by atoms with van der Waals surface area (Å²) in [5.74, 6) is -0.565. The van der Waals surface area contributed by atoms with E-state index < -0.39 is 12.1 Å². The van der Waals surface area contributed by atoms with Crippen molar-refractivity contribution in [3.63, 3.8) is 0 Å². The average molecular weight is 378 g/mol. The van der Waals surface area contributed by atoms with Gasteiger partial charge in [-0.05, 0) is 31.0 Å². The number of hydrogen-bond acceptors (Lipinski definition) is 4. The topological polar surface area (TPSA) is 83.1 Å². The molecule has 0 aliphatic rings. The van der Waals surface area contributed by atoms with Crippen LogP contribution in [-0.4, -0.2) is 23.0 Å². The van der Waals surface area contributed by atoms with Crippen LogP contribution in [0.4, 0.5) is 9.18 Å². The van der Waals surface area contributed by atoms with Crippen molar-refractivity contribution >= 4 is 23.3 Å². The quantitative estimate of drug-likeness (QED) is 0.660. The summed E-state index contributed by atoms with van der Waals surface area (Å²) in [7, 11) is 0. The van der Waals surface area contributed by atoms with Crippen molar-refractivity contribution in [3.8, 4) is 0 Å². The summed E-state index contributed by atoms with van der Waals surface area (Å²) >= 11 is 1.49. The minimum Gasteiger partial charge on any atom is -0.348 e. The van der Waals surface area contributed by atoms with Gasteiger partial charge >= 0.3 is 6.03 Å². The highest BCUT2D eigenvalue weighted by Crippen LogP contribution is 2.08. The Morgan fingerprint density at radius 2 is 1.92 bits per heavy atom. The molecule has 8 heteroatoms. The molecule has 3 N–H and O–H groups in total. The van der Waals surface area contributed by atoms with E-state index in [1.807, 2.05) is 19.2 Å². The molecule has 3 amide bonds. The van der Waals surface area contributed by atoms with Gasteiger partial charge in [0.1, 0.15) is 16.9 Å². The molecule has 1 aromatic heterocycles. The SMILES string of the molecule is CCCC(NC(=O)NCc1ccc(F)cc1)C(=O)NCc1nc(C)cs1. The maximum atomic E-state index is 12.9. The summed E-state index contributed by atoms with van der Waals surface area (Å²) in [6.07, 6.45) is 1.29. The predicted octanol–water partition coefficient (Wildman–Crippen LogP) is 2.87. The van der Waals surface area contributed by atoms with E-state index in [1.165, 1.54) is 23.5 Å². The molecule has 0 spiro atoms. The molecule has 1 heterocycles. The molecule has 0 aliphatic carbocycles. The van der Waals surface area contributed by atoms with Gasteiger partial charge in [-0.1, -0.05) is 25.5 Å². The van der Waals surface area contributed by atoms with Crippen LogP contribution >= 0.6 is 11.3 Å². The van der Waals surface area contributed by atoms with Crippen LogP contribution in [0.15, 0.2) is 29.6 Å². The molecule has 26 heavy (non-hydrogen) atoms. The average Bonchev–Trinajstić information content (AvgIpc) is 3.04. The molecule has 140 valence electrons. The van der Waals surface area contributed by atoms with Gasteiger partial charge < -0.3 is 16.0 Å². The highest BCUT2D eigenvalue weighted by Gasteiger charge is 2.19. The number of hydrogen-bond donors (Lipinski definition) is 3. The molecular weight excluding hydrogens is 355 g/mol. The number of urea groups is 1. The first-order valence-electron chi connectivity index (χ1n) is 8.45. The van der Waals surface area contributed by atoms with Gasteiger partial charge in [-0.15, -0.1) is 11.3 Å². The first-order valence-corrected chi connectivity index (χ1v) is 9.33. The second-order valence-electron chi connectivity index (χ2n) is 5.90. The van der Waals surface area contributed by atoms with Gasteiger partial charge in [0.25, 0.3) is 0 Å². The fourth-order valence-electron chi connectivity index (χ4n) is 2.32. The summed E-state index contributed by atoms with van der Waals surface area (Å²) in [6.45, 7) is 4.44. The van der Waals surface area contributed by atoms with Gasteiger partial charge in [0.2, 0.25) is 5.91 Å². The molecule has 1 atom stereocenters. The molecular formula is C18H23FN4O2S. The third-order valence-electron chi connectivity index (χ3n) is 3.65. The normalized spacial score (nSPS) is 11.7. The largest absolute Gasteiger partial charge is 0.348 e. The zero-order chi connectivity index (χ0) is 18.9. The third-order valence-corrected chi connectivity index (χ3v) is 4.61. The first kappa shape index (κ1) is 19.8. The minimum absolute atomic E-state index is 0.239. The molecule has 0 fully saturated rings. The van der Waals surface area contributed by atoms with Crippen LogP contribution in [0.25, 0.3) is 0 Å². The predicted molar refractivity (Wildman–Crippen MR) is 99.2 cm³/mol. The van der Waals surface area contributed by atoms with E-state index in [0.29, 0.717) is 13.0 Å². The highest BCUT2D eigenvalue weighted by molar-refractivity contribution is 7.09. The number of halogens is 1. The van der Waals surface area contributed by atoms with Gasteiger partial charge in [0.05, 0.1) is 6.54 Å². The van der Waals surface area contributed by atoms with Gasteiger partial charge in [0.15, 0.2) is 0 Å². The van der Waals surface area contributed by atoms with Gasteiger partial charge in [0, 0.05) is 17.6 Å². The van der Waals surface area contributed by atoms with Crippen molar-refractivity contribution in [1.82, 2.24) is 20.9 Å². The number of nitrogens with zero attached hydrogens (tertiary/aromatic N) is 1. The number of amides is 3. The number of carbonyl (C=O) groups is 2. The monoisotopic (exact) mass is 378 g/mol. The Bertz CT molecular complexity index is 733. The van der Waals surface area contributed by atoms with Crippen molar-refractivity contribution in [2.45, 2.75) is 45.8 Å². The molecule has 0 saturated carbocycles. The van der Waals surface area contributed by atoms with Crippen molar-refractivity contribution in [1.29, 1.82) is 0 Å². The third kappa shape index (κ3) is 6.44. The van der Waals surface area contributed by atoms with Crippen LogP contribution in [-0.2, 0) is 17.9 Å². The fraction of sp³-hybridized carbons (Fsp3) is 0.389. The lowest BCUT2D eigenvalue weighted by molar-refractivity contribution is -0.123. The van der Waals surface area contributed by atoms with E-state index in [-0.39, 0.29) is 18.3 Å². The molecule has 6 nitrogen and oxygen atoms in total. The van der Waals surface area contributed by atoms with Gasteiger partial charge in [-0.2, -0.15) is 0 Å². The zero-order valence-electron chi connectivity index (χ0n) is 14.8. The summed E-state index contributed by atoms with van der Waals surface area (Å²) in [6, 6.07) is 4.82. The van der Waals surface area contributed by atoms with Crippen LogP contribution in [0.1, 0.15) is 36.0 Å². The Hall–Kier alpha value is -2.48. The van der Waals surface area contributed by atoms with Crippen molar-refractivity contribution in [2.75, 3.05) is 0 Å².